The maximum atomic E-state index is 5.71. The lowest BCUT2D eigenvalue weighted by atomic mass is 10.1. The maximum absolute atomic E-state index is 5.71. The molecule has 1 aliphatic rings. The topological polar surface area (TPSA) is 37.4 Å². The molecule has 0 amide bonds. The number of rotatable bonds is 7. The van der Waals surface area contributed by atoms with E-state index in [4.69, 9.17) is 9.72 Å². The quantitative estimate of drug-likeness (QED) is 0.838. The molecule has 1 N–H and O–H groups in total. The number of hydrogen-bond donors (Lipinski definition) is 1. The molecule has 1 aromatic heterocycles. The van der Waals surface area contributed by atoms with Crippen LogP contribution < -0.4 is 10.2 Å². The summed E-state index contributed by atoms with van der Waals surface area (Å²) < 4.78 is 5.71. The smallest absolute Gasteiger partial charge is 0.128 e. The molecule has 1 saturated heterocycles. The molecule has 0 bridgehead atoms. The first-order valence-corrected chi connectivity index (χ1v) is 8.22. The van der Waals surface area contributed by atoms with E-state index in [9.17, 15) is 0 Å². The average Bonchev–Trinajstić information content (AvgIpc) is 2.48. The van der Waals surface area contributed by atoms with Crippen LogP contribution in [0.1, 0.15) is 39.3 Å². The summed E-state index contributed by atoms with van der Waals surface area (Å²) in [7, 11) is 0. The van der Waals surface area contributed by atoms with E-state index in [0.717, 1.165) is 57.1 Å². The Hall–Kier alpha value is -1.13. The molecule has 2 heterocycles. The van der Waals surface area contributed by atoms with Crippen LogP contribution in [-0.2, 0) is 11.3 Å². The highest BCUT2D eigenvalue weighted by atomic mass is 16.5. The monoisotopic (exact) mass is 291 g/mol. The lowest BCUT2D eigenvalue weighted by Crippen LogP contribution is -2.37. The predicted molar refractivity (Wildman–Crippen MR) is 87.6 cm³/mol. The summed E-state index contributed by atoms with van der Waals surface area (Å²) in [6.07, 6.45) is 2.64. The van der Waals surface area contributed by atoms with Gasteiger partial charge in [0.15, 0.2) is 0 Å². The lowest BCUT2D eigenvalue weighted by Gasteiger charge is -2.32. The van der Waals surface area contributed by atoms with Crippen molar-refractivity contribution in [1.82, 2.24) is 10.3 Å². The Bertz CT molecular complexity index is 414. The van der Waals surface area contributed by atoms with E-state index in [1.807, 2.05) is 0 Å². The van der Waals surface area contributed by atoms with Crippen LogP contribution >= 0.6 is 0 Å². The number of piperidine rings is 1. The van der Waals surface area contributed by atoms with E-state index in [1.165, 1.54) is 0 Å². The minimum Gasteiger partial charge on any atom is -0.378 e. The highest BCUT2D eigenvalue weighted by Gasteiger charge is 2.20. The summed E-state index contributed by atoms with van der Waals surface area (Å²) in [6.45, 7) is 11.3. The van der Waals surface area contributed by atoms with Gasteiger partial charge in [0, 0.05) is 26.2 Å². The Morgan fingerprint density at radius 3 is 2.76 bits per heavy atom. The molecular weight excluding hydrogens is 262 g/mol. The van der Waals surface area contributed by atoms with Crippen molar-refractivity contribution in [3.8, 4) is 0 Å². The number of pyridine rings is 1. The molecule has 0 spiro atoms. The number of nitrogens with one attached hydrogen (secondary N) is 1. The van der Waals surface area contributed by atoms with Gasteiger partial charge in [0.25, 0.3) is 0 Å². The molecule has 2 rings (SSSR count). The molecule has 1 aromatic rings. The molecule has 0 atom stereocenters. The summed E-state index contributed by atoms with van der Waals surface area (Å²) in [5.74, 6) is 1.78. The molecule has 4 heteroatoms. The van der Waals surface area contributed by atoms with Crippen molar-refractivity contribution in [2.75, 3.05) is 31.1 Å². The van der Waals surface area contributed by atoms with Gasteiger partial charge < -0.3 is 15.0 Å². The first-order chi connectivity index (χ1) is 10.2. The minimum atomic E-state index is 0.433. The zero-order valence-corrected chi connectivity index (χ0v) is 13.6. The SMILES string of the molecule is CCOC1CCN(c2cccc(CNCC(C)C)n2)CC1. The molecule has 118 valence electrons. The second-order valence-electron chi connectivity index (χ2n) is 6.15. The van der Waals surface area contributed by atoms with Crippen molar-refractivity contribution >= 4 is 5.82 Å². The van der Waals surface area contributed by atoms with Crippen molar-refractivity contribution in [2.45, 2.75) is 46.3 Å². The maximum Gasteiger partial charge on any atom is 0.128 e. The average molecular weight is 291 g/mol. The number of anilines is 1. The number of nitrogens with zero attached hydrogens (tertiary/aromatic N) is 2. The van der Waals surface area contributed by atoms with E-state index in [0.29, 0.717) is 12.0 Å². The summed E-state index contributed by atoms with van der Waals surface area (Å²) in [4.78, 5) is 7.16. The molecule has 0 unspecified atom stereocenters. The highest BCUT2D eigenvalue weighted by molar-refractivity contribution is 5.39. The standard InChI is InChI=1S/C17H29N3O/c1-4-21-16-8-10-20(11-9-16)17-7-5-6-15(19-17)13-18-12-14(2)3/h5-7,14,16,18H,4,8-13H2,1-3H3. The second-order valence-corrected chi connectivity index (χ2v) is 6.15. The Kier molecular flexibility index (Phi) is 6.46. The Balaban J connectivity index is 1.86. The van der Waals surface area contributed by atoms with Crippen molar-refractivity contribution in [3.05, 3.63) is 23.9 Å². The van der Waals surface area contributed by atoms with Gasteiger partial charge in [-0.2, -0.15) is 0 Å². The molecule has 1 fully saturated rings. The van der Waals surface area contributed by atoms with Crippen LogP contribution in [0.3, 0.4) is 0 Å². The van der Waals surface area contributed by atoms with Gasteiger partial charge in [0.1, 0.15) is 5.82 Å². The third kappa shape index (κ3) is 5.29. The molecule has 0 aromatic carbocycles. The van der Waals surface area contributed by atoms with Crippen LogP contribution in [0, 0.1) is 5.92 Å². The van der Waals surface area contributed by atoms with Crippen LogP contribution in [0.2, 0.25) is 0 Å². The van der Waals surface area contributed by atoms with Gasteiger partial charge in [-0.05, 0) is 44.4 Å². The minimum absolute atomic E-state index is 0.433. The van der Waals surface area contributed by atoms with Crippen LogP contribution in [0.5, 0.6) is 0 Å². The Labute approximate surface area is 128 Å². The van der Waals surface area contributed by atoms with Crippen molar-refractivity contribution < 1.29 is 4.74 Å². The fourth-order valence-electron chi connectivity index (χ4n) is 2.72. The number of ether oxygens (including phenoxy) is 1. The van der Waals surface area contributed by atoms with Crippen LogP contribution in [0.15, 0.2) is 18.2 Å². The van der Waals surface area contributed by atoms with Gasteiger partial charge in [-0.25, -0.2) is 4.98 Å². The lowest BCUT2D eigenvalue weighted by molar-refractivity contribution is 0.0458. The Morgan fingerprint density at radius 2 is 2.10 bits per heavy atom. The Morgan fingerprint density at radius 1 is 1.33 bits per heavy atom. The van der Waals surface area contributed by atoms with Gasteiger partial charge in [0.05, 0.1) is 11.8 Å². The first kappa shape index (κ1) is 16.2. The van der Waals surface area contributed by atoms with Crippen molar-refractivity contribution in [2.24, 2.45) is 5.92 Å². The van der Waals surface area contributed by atoms with E-state index in [1.54, 1.807) is 0 Å². The number of aromatic nitrogens is 1. The summed E-state index contributed by atoms with van der Waals surface area (Å²) in [5, 5.41) is 3.45. The van der Waals surface area contributed by atoms with E-state index < -0.39 is 0 Å². The zero-order valence-electron chi connectivity index (χ0n) is 13.6. The van der Waals surface area contributed by atoms with E-state index >= 15 is 0 Å². The van der Waals surface area contributed by atoms with Gasteiger partial charge in [-0.1, -0.05) is 19.9 Å². The fraction of sp³-hybridized carbons (Fsp3) is 0.706. The second kappa shape index (κ2) is 8.35. The summed E-state index contributed by atoms with van der Waals surface area (Å²) >= 11 is 0. The van der Waals surface area contributed by atoms with Gasteiger partial charge in [-0.3, -0.25) is 0 Å². The van der Waals surface area contributed by atoms with Crippen molar-refractivity contribution in [3.63, 3.8) is 0 Å². The van der Waals surface area contributed by atoms with Gasteiger partial charge in [-0.15, -0.1) is 0 Å². The van der Waals surface area contributed by atoms with Gasteiger partial charge in [0.2, 0.25) is 0 Å². The molecule has 0 radical (unpaired) electrons. The first-order valence-electron chi connectivity index (χ1n) is 8.22. The van der Waals surface area contributed by atoms with Crippen LogP contribution in [0.25, 0.3) is 0 Å². The predicted octanol–water partition coefficient (Wildman–Crippen LogP) is 2.83. The van der Waals surface area contributed by atoms with Crippen LogP contribution in [-0.4, -0.2) is 37.3 Å². The molecular formula is C17H29N3O. The molecule has 4 nitrogen and oxygen atoms in total. The molecule has 0 saturated carbocycles. The molecule has 0 aliphatic carbocycles. The summed E-state index contributed by atoms with van der Waals surface area (Å²) in [5.41, 5.74) is 1.13. The van der Waals surface area contributed by atoms with Crippen molar-refractivity contribution in [1.29, 1.82) is 0 Å². The fourth-order valence-corrected chi connectivity index (χ4v) is 2.72. The van der Waals surface area contributed by atoms with E-state index in [-0.39, 0.29) is 0 Å². The van der Waals surface area contributed by atoms with E-state index in [2.05, 4.69) is 49.2 Å². The third-order valence-electron chi connectivity index (χ3n) is 3.82. The largest absolute Gasteiger partial charge is 0.378 e. The normalized spacial score (nSPS) is 16.7. The summed E-state index contributed by atoms with van der Waals surface area (Å²) in [6, 6.07) is 6.33. The zero-order chi connectivity index (χ0) is 15.1. The number of hydrogen-bond acceptors (Lipinski definition) is 4. The van der Waals surface area contributed by atoms with Gasteiger partial charge >= 0.3 is 0 Å². The highest BCUT2D eigenvalue weighted by Crippen LogP contribution is 2.19. The molecule has 21 heavy (non-hydrogen) atoms. The third-order valence-corrected chi connectivity index (χ3v) is 3.82. The molecule has 1 aliphatic heterocycles. The van der Waals surface area contributed by atoms with Crippen LogP contribution in [0.4, 0.5) is 5.82 Å².